The maximum atomic E-state index is 13.5. The monoisotopic (exact) mass is 441 g/mol. The molecule has 1 unspecified atom stereocenters. The summed E-state index contributed by atoms with van der Waals surface area (Å²) in [5, 5.41) is -0.905. The van der Waals surface area contributed by atoms with E-state index in [1.807, 2.05) is 133 Å². The summed E-state index contributed by atoms with van der Waals surface area (Å²) in [5.74, 6) is 0. The van der Waals surface area contributed by atoms with Crippen LogP contribution in [0.2, 0.25) is 0 Å². The molecule has 0 aliphatic rings. The van der Waals surface area contributed by atoms with Gasteiger partial charge in [-0.05, 0) is 4.57 Å². The summed E-state index contributed by atoms with van der Waals surface area (Å²) in [6, 6.07) is 29.5. The van der Waals surface area contributed by atoms with Crippen molar-refractivity contribution in [2.45, 2.75) is 46.7 Å². The summed E-state index contributed by atoms with van der Waals surface area (Å²) in [6.07, 6.45) is 0. The maximum absolute atomic E-state index is 13.5. The summed E-state index contributed by atoms with van der Waals surface area (Å²) in [6.45, 7) is 12.0. The van der Waals surface area contributed by atoms with Gasteiger partial charge in [-0.3, -0.25) is 0 Å². The van der Waals surface area contributed by atoms with Gasteiger partial charge in [-0.2, -0.15) is 0 Å². The highest BCUT2D eigenvalue weighted by Crippen LogP contribution is 2.57. The minimum absolute atomic E-state index is 0.0244. The maximum Gasteiger partial charge on any atom is 0.531 e. The molecule has 0 fully saturated rings. The van der Waals surface area contributed by atoms with Crippen LogP contribution in [0.25, 0.3) is 0 Å². The van der Waals surface area contributed by atoms with Crippen molar-refractivity contribution in [2.24, 2.45) is 0 Å². The van der Waals surface area contributed by atoms with Crippen LogP contribution >= 0.6 is 8.03 Å². The van der Waals surface area contributed by atoms with Crippen molar-refractivity contribution in [3.63, 3.8) is 0 Å². The molecule has 0 N–H and O–H groups in total. The van der Waals surface area contributed by atoms with Crippen LogP contribution in [-0.2, 0) is 19.0 Å². The molecule has 3 aromatic rings. The van der Waals surface area contributed by atoms with Gasteiger partial charge in [-0.1, -0.05) is 133 Å². The van der Waals surface area contributed by atoms with Crippen molar-refractivity contribution in [3.05, 3.63) is 108 Å². The number of methoxy groups -OCH3 is 1. The first-order chi connectivity index (χ1) is 15.3. The summed E-state index contributed by atoms with van der Waals surface area (Å²) in [4.78, 5) is 0. The Bertz CT molecular complexity index is 709. The lowest BCUT2D eigenvalue weighted by molar-refractivity contribution is 0.0555. The highest BCUT2D eigenvalue weighted by atomic mass is 31.1. The zero-order valence-electron chi connectivity index (χ0n) is 20.0. The first kappa shape index (κ1) is 28.7. The van der Waals surface area contributed by atoms with Gasteiger partial charge in [0.05, 0.1) is 0 Å². The van der Waals surface area contributed by atoms with Crippen molar-refractivity contribution >= 4 is 8.03 Å². The third-order valence-electron chi connectivity index (χ3n) is 4.14. The van der Waals surface area contributed by atoms with Crippen LogP contribution in [0.1, 0.15) is 58.2 Å². The van der Waals surface area contributed by atoms with E-state index in [0.29, 0.717) is 0 Å². The quantitative estimate of drug-likeness (QED) is 0.210. The second-order valence-electron chi connectivity index (χ2n) is 5.60. The molecular formula is C27H38O3P+. The Labute approximate surface area is 190 Å². The molecule has 1 atom stereocenters. The predicted molar refractivity (Wildman–Crippen MR) is 134 cm³/mol. The molecule has 0 saturated heterocycles. The minimum atomic E-state index is -2.14. The Morgan fingerprint density at radius 1 is 0.613 bits per heavy atom. The second kappa shape index (κ2) is 17.4. The molecule has 0 spiro atoms. The lowest BCUT2D eigenvalue weighted by Gasteiger charge is -2.24. The van der Waals surface area contributed by atoms with Gasteiger partial charge in [0.15, 0.2) is 0 Å². The van der Waals surface area contributed by atoms with E-state index in [0.717, 1.165) is 16.7 Å². The SMILES string of the molecule is CC.CC.CC.COCO[P+](=O)C(c1ccccc1)(c1ccccc1)c1ccccc1. The number of benzene rings is 3. The third-order valence-corrected chi connectivity index (χ3v) is 5.80. The fourth-order valence-electron chi connectivity index (χ4n) is 3.05. The third kappa shape index (κ3) is 7.40. The summed E-state index contributed by atoms with van der Waals surface area (Å²) in [5.41, 5.74) is 2.76. The predicted octanol–water partition coefficient (Wildman–Crippen LogP) is 8.42. The average molecular weight is 442 g/mol. The molecule has 168 valence electrons. The van der Waals surface area contributed by atoms with Crippen LogP contribution in [0.5, 0.6) is 0 Å². The number of ether oxygens (including phenoxy) is 1. The molecule has 31 heavy (non-hydrogen) atoms. The van der Waals surface area contributed by atoms with Gasteiger partial charge in [-0.25, -0.2) is 0 Å². The molecular weight excluding hydrogens is 403 g/mol. The first-order valence-electron chi connectivity index (χ1n) is 11.1. The van der Waals surface area contributed by atoms with Gasteiger partial charge in [0.2, 0.25) is 6.79 Å². The van der Waals surface area contributed by atoms with E-state index in [1.165, 1.54) is 7.11 Å². The standard InChI is InChI=1S/C21H20O3P.3C2H6/c1-23-17-24-25(22)21(18-11-5-2-6-12-18,19-13-7-3-8-14-19)20-15-9-4-10-16-20;3*1-2/h2-16H,17H2,1H3;3*1-2H3/q+1;;;. The fourth-order valence-corrected chi connectivity index (χ4v) is 4.53. The Balaban J connectivity index is 0.00000138. The molecule has 0 aromatic heterocycles. The van der Waals surface area contributed by atoms with Crippen molar-refractivity contribution in [2.75, 3.05) is 13.9 Å². The fraction of sp³-hybridized carbons (Fsp3) is 0.333. The zero-order chi connectivity index (χ0) is 23.5. The molecule has 0 radical (unpaired) electrons. The van der Waals surface area contributed by atoms with Crippen molar-refractivity contribution in [1.29, 1.82) is 0 Å². The lowest BCUT2D eigenvalue weighted by Crippen LogP contribution is -2.26. The van der Waals surface area contributed by atoms with Crippen molar-refractivity contribution in [1.82, 2.24) is 0 Å². The summed E-state index contributed by atoms with van der Waals surface area (Å²) >= 11 is 0. The molecule has 3 nitrogen and oxygen atoms in total. The van der Waals surface area contributed by atoms with E-state index >= 15 is 0 Å². The van der Waals surface area contributed by atoms with Gasteiger partial charge >= 0.3 is 8.03 Å². The van der Waals surface area contributed by atoms with E-state index in [4.69, 9.17) is 9.26 Å². The van der Waals surface area contributed by atoms with Gasteiger partial charge in [-0.15, -0.1) is 4.52 Å². The molecule has 4 heteroatoms. The first-order valence-corrected chi connectivity index (χ1v) is 12.2. The van der Waals surface area contributed by atoms with E-state index in [9.17, 15) is 4.57 Å². The molecule has 0 aliphatic carbocycles. The van der Waals surface area contributed by atoms with E-state index < -0.39 is 13.2 Å². The Morgan fingerprint density at radius 3 is 1.16 bits per heavy atom. The second-order valence-corrected chi connectivity index (χ2v) is 7.04. The molecule has 0 amide bonds. The lowest BCUT2D eigenvalue weighted by atomic mass is 9.84. The van der Waals surface area contributed by atoms with Crippen LogP contribution in [0.3, 0.4) is 0 Å². The highest BCUT2D eigenvalue weighted by molar-refractivity contribution is 7.41. The Morgan fingerprint density at radius 2 is 0.903 bits per heavy atom. The Hall–Kier alpha value is -2.32. The van der Waals surface area contributed by atoms with Gasteiger partial charge in [0.25, 0.3) is 5.16 Å². The zero-order valence-corrected chi connectivity index (χ0v) is 20.9. The Kier molecular flexibility index (Phi) is 16.1. The minimum Gasteiger partial charge on any atom is -0.354 e. The summed E-state index contributed by atoms with van der Waals surface area (Å²) < 4.78 is 24.1. The van der Waals surface area contributed by atoms with Crippen LogP contribution in [0.15, 0.2) is 91.0 Å². The largest absolute Gasteiger partial charge is 0.531 e. The molecule has 3 rings (SSSR count). The van der Waals surface area contributed by atoms with Crippen LogP contribution in [0.4, 0.5) is 0 Å². The number of hydrogen-bond acceptors (Lipinski definition) is 3. The van der Waals surface area contributed by atoms with E-state index in [1.54, 1.807) is 0 Å². The van der Waals surface area contributed by atoms with Crippen molar-refractivity contribution in [3.8, 4) is 0 Å². The van der Waals surface area contributed by atoms with E-state index in [2.05, 4.69) is 0 Å². The molecule has 3 aromatic carbocycles. The van der Waals surface area contributed by atoms with Gasteiger partial charge in [0, 0.05) is 23.8 Å². The molecule has 0 saturated carbocycles. The normalized spacial score (nSPS) is 10.2. The van der Waals surface area contributed by atoms with Gasteiger partial charge in [0.1, 0.15) is 0 Å². The summed E-state index contributed by atoms with van der Waals surface area (Å²) in [7, 11) is -0.612. The van der Waals surface area contributed by atoms with E-state index in [-0.39, 0.29) is 6.79 Å². The number of rotatable bonds is 7. The average Bonchev–Trinajstić information content (AvgIpc) is 2.89. The highest BCUT2D eigenvalue weighted by Gasteiger charge is 2.56. The van der Waals surface area contributed by atoms with Gasteiger partial charge < -0.3 is 4.74 Å². The van der Waals surface area contributed by atoms with Crippen LogP contribution < -0.4 is 0 Å². The van der Waals surface area contributed by atoms with Crippen LogP contribution in [-0.4, -0.2) is 13.9 Å². The van der Waals surface area contributed by atoms with Crippen molar-refractivity contribution < 1.29 is 13.8 Å². The topological polar surface area (TPSA) is 35.5 Å². The smallest absolute Gasteiger partial charge is 0.354 e. The van der Waals surface area contributed by atoms with Crippen LogP contribution in [0, 0.1) is 0 Å². The molecule has 0 heterocycles. The molecule has 0 aliphatic heterocycles. The number of hydrogen-bond donors (Lipinski definition) is 0. The molecule has 0 bridgehead atoms.